The topological polar surface area (TPSA) is 86.5 Å². The van der Waals surface area contributed by atoms with Crippen LogP contribution in [0.1, 0.15) is 11.1 Å². The SMILES string of the molecule is N#Cc1cccc(Nc2cnnc(Nc3ccccc3C(F)(F)F)n2)c1. The fourth-order valence-electron chi connectivity index (χ4n) is 2.19. The van der Waals surface area contributed by atoms with Gasteiger partial charge in [-0.2, -0.15) is 28.5 Å². The van der Waals surface area contributed by atoms with E-state index in [-0.39, 0.29) is 17.5 Å². The van der Waals surface area contributed by atoms with E-state index in [2.05, 4.69) is 25.8 Å². The monoisotopic (exact) mass is 356 g/mol. The van der Waals surface area contributed by atoms with E-state index in [4.69, 9.17) is 5.26 Å². The summed E-state index contributed by atoms with van der Waals surface area (Å²) in [5.41, 5.74) is 0.0368. The van der Waals surface area contributed by atoms with Crippen LogP contribution >= 0.6 is 0 Å². The highest BCUT2D eigenvalue weighted by Crippen LogP contribution is 2.35. The number of hydrogen-bond donors (Lipinski definition) is 2. The molecular weight excluding hydrogens is 345 g/mol. The van der Waals surface area contributed by atoms with Crippen LogP contribution in [0.2, 0.25) is 0 Å². The van der Waals surface area contributed by atoms with Crippen LogP contribution in [0.5, 0.6) is 0 Å². The molecule has 0 aliphatic carbocycles. The smallest absolute Gasteiger partial charge is 0.339 e. The first-order valence-corrected chi connectivity index (χ1v) is 7.36. The van der Waals surface area contributed by atoms with E-state index in [1.165, 1.54) is 24.4 Å². The minimum absolute atomic E-state index is 0.0943. The van der Waals surface area contributed by atoms with E-state index in [0.29, 0.717) is 11.3 Å². The molecule has 26 heavy (non-hydrogen) atoms. The van der Waals surface area contributed by atoms with Gasteiger partial charge in [0.25, 0.3) is 0 Å². The minimum atomic E-state index is -4.51. The van der Waals surface area contributed by atoms with Gasteiger partial charge in [-0.25, -0.2) is 0 Å². The van der Waals surface area contributed by atoms with Gasteiger partial charge in [0.1, 0.15) is 0 Å². The number of para-hydroxylation sites is 1. The van der Waals surface area contributed by atoms with E-state index in [1.807, 2.05) is 6.07 Å². The Balaban J connectivity index is 1.84. The van der Waals surface area contributed by atoms with Gasteiger partial charge in [-0.05, 0) is 30.3 Å². The summed E-state index contributed by atoms with van der Waals surface area (Å²) in [7, 11) is 0. The third-order valence-corrected chi connectivity index (χ3v) is 3.30. The molecule has 3 rings (SSSR count). The zero-order chi connectivity index (χ0) is 18.6. The summed E-state index contributed by atoms with van der Waals surface area (Å²) in [5, 5.41) is 21.8. The number of hydrogen-bond acceptors (Lipinski definition) is 6. The van der Waals surface area contributed by atoms with E-state index in [1.54, 1.807) is 24.3 Å². The molecule has 0 radical (unpaired) electrons. The van der Waals surface area contributed by atoms with Gasteiger partial charge in [-0.3, -0.25) is 0 Å². The number of nitriles is 1. The summed E-state index contributed by atoms with van der Waals surface area (Å²) in [6.45, 7) is 0. The van der Waals surface area contributed by atoms with Crippen molar-refractivity contribution < 1.29 is 13.2 Å². The average Bonchev–Trinajstić information content (AvgIpc) is 2.62. The highest BCUT2D eigenvalue weighted by Gasteiger charge is 2.33. The zero-order valence-electron chi connectivity index (χ0n) is 13.1. The molecule has 0 amide bonds. The molecule has 0 fully saturated rings. The largest absolute Gasteiger partial charge is 0.418 e. The van der Waals surface area contributed by atoms with Crippen LogP contribution in [-0.2, 0) is 6.18 Å². The first-order chi connectivity index (χ1) is 12.5. The predicted octanol–water partition coefficient (Wildman–Crippen LogP) is 4.25. The highest BCUT2D eigenvalue weighted by molar-refractivity contribution is 5.62. The lowest BCUT2D eigenvalue weighted by Gasteiger charge is -2.13. The number of nitrogens with one attached hydrogen (secondary N) is 2. The molecule has 0 saturated heterocycles. The molecule has 0 atom stereocenters. The Kier molecular flexibility index (Phi) is 4.66. The number of benzene rings is 2. The molecule has 0 bridgehead atoms. The number of aromatic nitrogens is 3. The van der Waals surface area contributed by atoms with E-state index in [0.717, 1.165) is 6.07 Å². The van der Waals surface area contributed by atoms with Gasteiger partial charge < -0.3 is 10.6 Å². The van der Waals surface area contributed by atoms with Crippen molar-refractivity contribution in [2.75, 3.05) is 10.6 Å². The zero-order valence-corrected chi connectivity index (χ0v) is 13.1. The van der Waals surface area contributed by atoms with Crippen LogP contribution in [0, 0.1) is 11.3 Å². The molecule has 2 N–H and O–H groups in total. The standard InChI is InChI=1S/C17H11F3N6/c18-17(19,20)13-6-1-2-7-14(13)24-16-25-15(10-22-26-16)23-12-5-3-4-11(8-12)9-21/h1-8,10H,(H2,23,24,25,26). The second kappa shape index (κ2) is 7.06. The Morgan fingerprint density at radius 3 is 2.58 bits per heavy atom. The van der Waals surface area contributed by atoms with Crippen LogP contribution in [0.15, 0.2) is 54.7 Å². The van der Waals surface area contributed by atoms with Gasteiger partial charge in [0, 0.05) is 5.69 Å². The Hall–Kier alpha value is -3.67. The van der Waals surface area contributed by atoms with Crippen molar-refractivity contribution >= 4 is 23.1 Å². The highest BCUT2D eigenvalue weighted by atomic mass is 19.4. The molecule has 0 aliphatic heterocycles. The van der Waals surface area contributed by atoms with E-state index >= 15 is 0 Å². The number of halogens is 3. The van der Waals surface area contributed by atoms with Gasteiger partial charge >= 0.3 is 6.18 Å². The number of rotatable bonds is 4. The van der Waals surface area contributed by atoms with Crippen LogP contribution in [0.3, 0.4) is 0 Å². The maximum absolute atomic E-state index is 13.1. The fourth-order valence-corrected chi connectivity index (χ4v) is 2.19. The van der Waals surface area contributed by atoms with Crippen molar-refractivity contribution in [2.24, 2.45) is 0 Å². The van der Waals surface area contributed by atoms with Crippen molar-refractivity contribution in [3.63, 3.8) is 0 Å². The molecule has 1 aromatic heterocycles. The summed E-state index contributed by atoms with van der Waals surface area (Å²) >= 11 is 0. The Labute approximate surface area is 146 Å². The quantitative estimate of drug-likeness (QED) is 0.727. The second-order valence-electron chi connectivity index (χ2n) is 5.15. The lowest BCUT2D eigenvalue weighted by Crippen LogP contribution is -2.10. The van der Waals surface area contributed by atoms with Gasteiger partial charge in [0.2, 0.25) is 5.95 Å². The molecule has 6 nitrogen and oxygen atoms in total. The van der Waals surface area contributed by atoms with Crippen LogP contribution in [0.4, 0.5) is 36.3 Å². The van der Waals surface area contributed by atoms with Gasteiger partial charge in [0.05, 0.1) is 29.1 Å². The lowest BCUT2D eigenvalue weighted by molar-refractivity contribution is -0.136. The minimum Gasteiger partial charge on any atom is -0.339 e. The van der Waals surface area contributed by atoms with Crippen molar-refractivity contribution in [3.8, 4) is 6.07 Å². The first kappa shape index (κ1) is 17.2. The molecule has 2 aromatic carbocycles. The van der Waals surface area contributed by atoms with E-state index in [9.17, 15) is 13.2 Å². The summed E-state index contributed by atoms with van der Waals surface area (Å²) < 4.78 is 39.2. The summed E-state index contributed by atoms with van der Waals surface area (Å²) in [6.07, 6.45) is -3.19. The lowest BCUT2D eigenvalue weighted by atomic mass is 10.1. The molecular formula is C17H11F3N6. The van der Waals surface area contributed by atoms with Gasteiger partial charge in [-0.15, -0.1) is 5.10 Å². The molecule has 0 saturated carbocycles. The Morgan fingerprint density at radius 2 is 1.81 bits per heavy atom. The summed E-state index contributed by atoms with van der Waals surface area (Å²) in [5.74, 6) is 0.171. The third-order valence-electron chi connectivity index (χ3n) is 3.30. The average molecular weight is 356 g/mol. The molecule has 130 valence electrons. The summed E-state index contributed by atoms with van der Waals surface area (Å²) in [4.78, 5) is 4.10. The summed E-state index contributed by atoms with van der Waals surface area (Å²) in [6, 6.07) is 13.7. The van der Waals surface area contributed by atoms with Gasteiger partial charge in [-0.1, -0.05) is 18.2 Å². The first-order valence-electron chi connectivity index (χ1n) is 7.36. The van der Waals surface area contributed by atoms with Crippen LogP contribution < -0.4 is 10.6 Å². The number of alkyl halides is 3. The maximum atomic E-state index is 13.1. The molecule has 0 aliphatic rings. The predicted molar refractivity (Wildman–Crippen MR) is 89.0 cm³/mol. The van der Waals surface area contributed by atoms with E-state index < -0.39 is 11.7 Å². The number of nitrogens with zero attached hydrogens (tertiary/aromatic N) is 4. The third kappa shape index (κ3) is 4.05. The van der Waals surface area contributed by atoms with Crippen molar-refractivity contribution in [3.05, 3.63) is 65.9 Å². The van der Waals surface area contributed by atoms with Crippen molar-refractivity contribution in [1.29, 1.82) is 5.26 Å². The van der Waals surface area contributed by atoms with Crippen LogP contribution in [-0.4, -0.2) is 15.2 Å². The van der Waals surface area contributed by atoms with Crippen molar-refractivity contribution in [1.82, 2.24) is 15.2 Å². The molecule has 0 unspecified atom stereocenters. The van der Waals surface area contributed by atoms with Crippen molar-refractivity contribution in [2.45, 2.75) is 6.18 Å². The second-order valence-corrected chi connectivity index (χ2v) is 5.15. The molecule has 9 heteroatoms. The van der Waals surface area contributed by atoms with Crippen LogP contribution in [0.25, 0.3) is 0 Å². The Morgan fingerprint density at radius 1 is 1.00 bits per heavy atom. The molecule has 0 spiro atoms. The Bertz CT molecular complexity index is 965. The normalized spacial score (nSPS) is 10.8. The van der Waals surface area contributed by atoms with Gasteiger partial charge in [0.15, 0.2) is 5.82 Å². The number of anilines is 4. The molecule has 1 heterocycles. The fraction of sp³-hybridized carbons (Fsp3) is 0.0588. The maximum Gasteiger partial charge on any atom is 0.418 e. The molecule has 3 aromatic rings.